The van der Waals surface area contributed by atoms with Crippen molar-refractivity contribution in [3.8, 4) is 11.5 Å². The fourth-order valence-electron chi connectivity index (χ4n) is 3.31. The summed E-state index contributed by atoms with van der Waals surface area (Å²) in [5.41, 5.74) is 0. The number of halogens is 1. The largest absolute Gasteiger partial charge is 0.497 e. The van der Waals surface area contributed by atoms with E-state index in [1.165, 1.54) is 47.8 Å². The summed E-state index contributed by atoms with van der Waals surface area (Å²) in [5, 5.41) is 3.96. The van der Waals surface area contributed by atoms with Crippen LogP contribution < -0.4 is 9.47 Å². The van der Waals surface area contributed by atoms with Crippen LogP contribution in [-0.2, 0) is 16.6 Å². The molecule has 0 spiro atoms. The lowest BCUT2D eigenvalue weighted by atomic mass is 10.2. The summed E-state index contributed by atoms with van der Waals surface area (Å²) in [6.07, 6.45) is 1.28. The topological polar surface area (TPSA) is 94.8 Å². The molecule has 0 amide bonds. The van der Waals surface area contributed by atoms with Crippen LogP contribution in [0.2, 0.25) is 0 Å². The molecule has 1 aromatic heterocycles. The van der Waals surface area contributed by atoms with Crippen LogP contribution in [0.5, 0.6) is 11.5 Å². The van der Waals surface area contributed by atoms with Crippen LogP contribution in [0.3, 0.4) is 0 Å². The zero-order chi connectivity index (χ0) is 21.1. The fraction of sp³-hybridized carbons (Fsp3) is 0.300. The SMILES string of the molecule is COc1ccc(S(=O)(=O)N2CCCC2c2noc(COc3ccc(F)cc3)n2)cc1. The van der Waals surface area contributed by atoms with E-state index in [1.807, 2.05) is 0 Å². The van der Waals surface area contributed by atoms with Crippen molar-refractivity contribution in [3.63, 3.8) is 0 Å². The maximum atomic E-state index is 13.1. The summed E-state index contributed by atoms with van der Waals surface area (Å²) in [7, 11) is -2.20. The van der Waals surface area contributed by atoms with E-state index < -0.39 is 16.1 Å². The predicted octanol–water partition coefficient (Wildman–Crippen LogP) is 3.32. The summed E-state index contributed by atoms with van der Waals surface area (Å²) in [6, 6.07) is 11.3. The summed E-state index contributed by atoms with van der Waals surface area (Å²) in [6.45, 7) is 0.367. The Balaban J connectivity index is 1.48. The van der Waals surface area contributed by atoms with E-state index in [4.69, 9.17) is 14.0 Å². The van der Waals surface area contributed by atoms with Gasteiger partial charge in [-0.3, -0.25) is 0 Å². The zero-order valence-corrected chi connectivity index (χ0v) is 17.0. The minimum absolute atomic E-state index is 0.00339. The molecule has 0 N–H and O–H groups in total. The molecule has 0 bridgehead atoms. The molecule has 0 aliphatic carbocycles. The molecule has 4 rings (SSSR count). The first-order valence-electron chi connectivity index (χ1n) is 9.34. The Kier molecular flexibility index (Phi) is 5.69. The van der Waals surface area contributed by atoms with E-state index in [0.717, 1.165) is 0 Å². The van der Waals surface area contributed by atoms with Gasteiger partial charge in [-0.25, -0.2) is 12.8 Å². The summed E-state index contributed by atoms with van der Waals surface area (Å²) >= 11 is 0. The predicted molar refractivity (Wildman–Crippen MR) is 104 cm³/mol. The molecule has 10 heteroatoms. The van der Waals surface area contributed by atoms with E-state index in [2.05, 4.69) is 10.1 Å². The normalized spacial score (nSPS) is 17.2. The average Bonchev–Trinajstić information content (AvgIpc) is 3.43. The van der Waals surface area contributed by atoms with Crippen molar-refractivity contribution in [1.29, 1.82) is 0 Å². The quantitative estimate of drug-likeness (QED) is 0.564. The van der Waals surface area contributed by atoms with Crippen LogP contribution in [0.25, 0.3) is 0 Å². The number of benzene rings is 2. The van der Waals surface area contributed by atoms with Gasteiger partial charge in [0.2, 0.25) is 10.0 Å². The zero-order valence-electron chi connectivity index (χ0n) is 16.2. The minimum Gasteiger partial charge on any atom is -0.497 e. The van der Waals surface area contributed by atoms with E-state index >= 15 is 0 Å². The maximum Gasteiger partial charge on any atom is 0.264 e. The highest BCUT2D eigenvalue weighted by Gasteiger charge is 2.38. The highest BCUT2D eigenvalue weighted by atomic mass is 32.2. The molecule has 3 aromatic rings. The van der Waals surface area contributed by atoms with Gasteiger partial charge in [-0.2, -0.15) is 9.29 Å². The number of ether oxygens (including phenoxy) is 2. The number of aromatic nitrogens is 2. The van der Waals surface area contributed by atoms with Crippen LogP contribution in [-0.4, -0.2) is 36.5 Å². The lowest BCUT2D eigenvalue weighted by molar-refractivity contribution is 0.241. The van der Waals surface area contributed by atoms with E-state index in [0.29, 0.717) is 36.7 Å². The van der Waals surface area contributed by atoms with Crippen LogP contribution in [0.4, 0.5) is 4.39 Å². The summed E-state index contributed by atoms with van der Waals surface area (Å²) < 4.78 is 56.4. The van der Waals surface area contributed by atoms with Gasteiger partial charge in [0.25, 0.3) is 5.89 Å². The van der Waals surface area contributed by atoms with Crippen LogP contribution >= 0.6 is 0 Å². The van der Waals surface area contributed by atoms with Gasteiger partial charge in [0.15, 0.2) is 12.4 Å². The van der Waals surface area contributed by atoms with Crippen molar-refractivity contribution < 1.29 is 26.8 Å². The van der Waals surface area contributed by atoms with Crippen LogP contribution in [0, 0.1) is 5.82 Å². The molecule has 30 heavy (non-hydrogen) atoms. The Morgan fingerprint density at radius 1 is 1.13 bits per heavy atom. The number of methoxy groups -OCH3 is 1. The Hall–Kier alpha value is -2.98. The van der Waals surface area contributed by atoms with Crippen molar-refractivity contribution in [2.45, 2.75) is 30.4 Å². The van der Waals surface area contributed by atoms with Gasteiger partial charge in [-0.05, 0) is 61.4 Å². The molecule has 0 saturated carbocycles. The first-order chi connectivity index (χ1) is 14.5. The molecule has 1 fully saturated rings. The Morgan fingerprint density at radius 3 is 2.53 bits per heavy atom. The molecule has 1 atom stereocenters. The van der Waals surface area contributed by atoms with E-state index in [-0.39, 0.29) is 23.2 Å². The second-order valence-corrected chi connectivity index (χ2v) is 8.63. The maximum absolute atomic E-state index is 13.1. The number of sulfonamides is 1. The number of hydrogen-bond donors (Lipinski definition) is 0. The van der Waals surface area contributed by atoms with Gasteiger partial charge in [-0.1, -0.05) is 5.16 Å². The number of rotatable bonds is 7. The lowest BCUT2D eigenvalue weighted by Gasteiger charge is -2.21. The minimum atomic E-state index is -3.72. The van der Waals surface area contributed by atoms with E-state index in [1.54, 1.807) is 12.1 Å². The van der Waals surface area contributed by atoms with E-state index in [9.17, 15) is 12.8 Å². The Bertz CT molecular complexity index is 1100. The first kappa shape index (κ1) is 20.3. The van der Waals surface area contributed by atoms with Crippen molar-refractivity contribution in [3.05, 3.63) is 66.1 Å². The van der Waals surface area contributed by atoms with Crippen LogP contribution in [0.1, 0.15) is 30.6 Å². The second-order valence-electron chi connectivity index (χ2n) is 6.74. The molecular weight excluding hydrogens is 413 g/mol. The van der Waals surface area contributed by atoms with Crippen molar-refractivity contribution in [2.75, 3.05) is 13.7 Å². The van der Waals surface area contributed by atoms with Crippen molar-refractivity contribution in [1.82, 2.24) is 14.4 Å². The molecule has 2 aromatic carbocycles. The highest BCUT2D eigenvalue weighted by molar-refractivity contribution is 7.89. The van der Waals surface area contributed by atoms with Gasteiger partial charge >= 0.3 is 0 Å². The molecule has 1 aliphatic heterocycles. The van der Waals surface area contributed by atoms with Gasteiger partial charge in [0.1, 0.15) is 17.3 Å². The van der Waals surface area contributed by atoms with Gasteiger partial charge in [0.05, 0.1) is 18.0 Å². The van der Waals surface area contributed by atoms with Gasteiger partial charge in [-0.15, -0.1) is 0 Å². The van der Waals surface area contributed by atoms with Gasteiger partial charge in [0, 0.05) is 6.54 Å². The third-order valence-corrected chi connectivity index (χ3v) is 6.75. The first-order valence-corrected chi connectivity index (χ1v) is 10.8. The standard InChI is InChI=1S/C20H20FN3O5S/c1-27-15-8-10-17(11-9-15)30(25,26)24-12-2-3-18(24)20-22-19(29-23-20)13-28-16-6-4-14(21)5-7-16/h4-11,18H,2-3,12-13H2,1H3. The van der Waals surface area contributed by atoms with Gasteiger partial charge < -0.3 is 14.0 Å². The molecule has 8 nitrogen and oxygen atoms in total. The summed E-state index contributed by atoms with van der Waals surface area (Å²) in [4.78, 5) is 4.49. The molecule has 158 valence electrons. The molecule has 2 heterocycles. The van der Waals surface area contributed by atoms with Crippen molar-refractivity contribution >= 4 is 10.0 Å². The fourth-order valence-corrected chi connectivity index (χ4v) is 4.96. The average molecular weight is 433 g/mol. The molecule has 1 saturated heterocycles. The molecular formula is C20H20FN3O5S. The molecule has 0 radical (unpaired) electrons. The summed E-state index contributed by atoms with van der Waals surface area (Å²) in [5.74, 6) is 1.18. The monoisotopic (exact) mass is 433 g/mol. The molecule has 1 aliphatic rings. The highest BCUT2D eigenvalue weighted by Crippen LogP contribution is 2.35. The Morgan fingerprint density at radius 2 is 1.83 bits per heavy atom. The molecule has 1 unspecified atom stereocenters. The lowest BCUT2D eigenvalue weighted by Crippen LogP contribution is -2.31. The third kappa shape index (κ3) is 4.14. The van der Waals surface area contributed by atoms with Crippen LogP contribution in [0.15, 0.2) is 57.9 Å². The Labute approximate surface area is 173 Å². The number of nitrogens with zero attached hydrogens (tertiary/aromatic N) is 3. The van der Waals surface area contributed by atoms with Crippen molar-refractivity contribution in [2.24, 2.45) is 0 Å². The smallest absolute Gasteiger partial charge is 0.264 e. The number of hydrogen-bond acceptors (Lipinski definition) is 7. The second kappa shape index (κ2) is 8.41. The third-order valence-electron chi connectivity index (χ3n) is 4.83.